The van der Waals surface area contributed by atoms with E-state index in [1.165, 1.54) is 0 Å². The lowest BCUT2D eigenvalue weighted by Gasteiger charge is -2.18. The Bertz CT molecular complexity index is 1190. The van der Waals surface area contributed by atoms with Crippen LogP contribution in [-0.2, 0) is 27.3 Å². The molecule has 36 heavy (non-hydrogen) atoms. The van der Waals surface area contributed by atoms with Gasteiger partial charge in [-0.1, -0.05) is 66.7 Å². The van der Waals surface area contributed by atoms with Gasteiger partial charge in [-0.2, -0.15) is 0 Å². The molecule has 0 aliphatic rings. The molecule has 8 heteroatoms. The van der Waals surface area contributed by atoms with Crippen molar-refractivity contribution >= 4 is 40.8 Å². The summed E-state index contributed by atoms with van der Waals surface area (Å²) in [4.78, 5) is 38.5. The van der Waals surface area contributed by atoms with Crippen LogP contribution < -0.4 is 10.6 Å². The lowest BCUT2D eigenvalue weighted by atomic mass is 10.1. The molecule has 0 aliphatic heterocycles. The summed E-state index contributed by atoms with van der Waals surface area (Å²) in [5.74, 6) is -0.976. The van der Waals surface area contributed by atoms with E-state index in [-0.39, 0.29) is 30.5 Å². The summed E-state index contributed by atoms with van der Waals surface area (Å²) in [6, 6.07) is 26.3. The Morgan fingerprint density at radius 1 is 0.861 bits per heavy atom. The fourth-order valence-corrected chi connectivity index (χ4v) is 3.68. The van der Waals surface area contributed by atoms with Crippen molar-refractivity contribution in [2.24, 2.45) is 0 Å². The highest BCUT2D eigenvalue weighted by atomic mass is 32.1. The SMILES string of the molecule is CN(Cc1ccccc1)C(=O)c1cccc(NC(=S)NC(=O)CCC(=O)OCCc2ccccc2)c1. The monoisotopic (exact) mass is 503 g/mol. The van der Waals surface area contributed by atoms with Crippen LogP contribution in [0.25, 0.3) is 0 Å². The molecule has 0 aromatic heterocycles. The summed E-state index contributed by atoms with van der Waals surface area (Å²) in [7, 11) is 1.74. The number of benzene rings is 3. The van der Waals surface area contributed by atoms with Gasteiger partial charge < -0.3 is 20.3 Å². The Balaban J connectivity index is 1.40. The summed E-state index contributed by atoms with van der Waals surface area (Å²) in [5, 5.41) is 5.54. The van der Waals surface area contributed by atoms with E-state index in [1.807, 2.05) is 60.7 Å². The molecule has 0 fully saturated rings. The van der Waals surface area contributed by atoms with Gasteiger partial charge in [-0.25, -0.2) is 0 Å². The van der Waals surface area contributed by atoms with E-state index < -0.39 is 11.9 Å². The van der Waals surface area contributed by atoms with Crippen molar-refractivity contribution in [3.05, 3.63) is 102 Å². The van der Waals surface area contributed by atoms with E-state index in [9.17, 15) is 14.4 Å². The minimum atomic E-state index is -0.439. The van der Waals surface area contributed by atoms with Crippen molar-refractivity contribution in [2.45, 2.75) is 25.8 Å². The van der Waals surface area contributed by atoms with Crippen molar-refractivity contribution in [1.82, 2.24) is 10.2 Å². The highest BCUT2D eigenvalue weighted by molar-refractivity contribution is 7.80. The first-order valence-corrected chi connectivity index (χ1v) is 12.0. The first kappa shape index (κ1) is 26.6. The van der Waals surface area contributed by atoms with Gasteiger partial charge in [0, 0.05) is 37.7 Å². The molecule has 3 rings (SSSR count). The van der Waals surface area contributed by atoms with Crippen molar-refractivity contribution < 1.29 is 19.1 Å². The molecule has 3 aromatic carbocycles. The van der Waals surface area contributed by atoms with Gasteiger partial charge in [0.1, 0.15) is 0 Å². The average Bonchev–Trinajstić information content (AvgIpc) is 2.88. The largest absolute Gasteiger partial charge is 0.465 e. The van der Waals surface area contributed by atoms with Crippen LogP contribution in [0.15, 0.2) is 84.9 Å². The second kappa shape index (κ2) is 13.7. The van der Waals surface area contributed by atoms with E-state index in [4.69, 9.17) is 17.0 Å². The molecule has 0 aliphatic carbocycles. The molecule has 0 radical (unpaired) electrons. The number of hydrogen-bond donors (Lipinski definition) is 2. The van der Waals surface area contributed by atoms with Crippen LogP contribution in [0.3, 0.4) is 0 Å². The Hall–Kier alpha value is -4.04. The topological polar surface area (TPSA) is 87.7 Å². The second-order valence-corrected chi connectivity index (χ2v) is 8.59. The second-order valence-electron chi connectivity index (χ2n) is 8.19. The summed E-state index contributed by atoms with van der Waals surface area (Å²) in [6.07, 6.45) is 0.534. The van der Waals surface area contributed by atoms with Gasteiger partial charge in [-0.05, 0) is 41.5 Å². The molecule has 2 amide bonds. The summed E-state index contributed by atoms with van der Waals surface area (Å²) >= 11 is 5.21. The van der Waals surface area contributed by atoms with Crippen LogP contribution in [0.5, 0.6) is 0 Å². The standard InChI is InChI=1S/C28H29N3O4S/c1-31(20-22-11-6-3-7-12-22)27(34)23-13-8-14-24(19-23)29-28(36)30-25(32)15-16-26(33)35-18-17-21-9-4-2-5-10-21/h2-14,19H,15-18,20H2,1H3,(H2,29,30,32,36). The minimum absolute atomic E-state index is 0.0407. The van der Waals surface area contributed by atoms with Gasteiger partial charge in [0.25, 0.3) is 5.91 Å². The molecule has 0 atom stereocenters. The quantitative estimate of drug-likeness (QED) is 0.316. The van der Waals surface area contributed by atoms with Crippen LogP contribution >= 0.6 is 12.2 Å². The zero-order valence-electron chi connectivity index (χ0n) is 20.1. The number of amides is 2. The number of esters is 1. The molecule has 2 N–H and O–H groups in total. The number of anilines is 1. The first-order valence-electron chi connectivity index (χ1n) is 11.6. The van der Waals surface area contributed by atoms with Crippen LogP contribution in [0.4, 0.5) is 5.69 Å². The Morgan fingerprint density at radius 3 is 2.22 bits per heavy atom. The average molecular weight is 504 g/mol. The van der Waals surface area contributed by atoms with E-state index in [2.05, 4.69) is 10.6 Å². The number of nitrogens with zero attached hydrogens (tertiary/aromatic N) is 1. The lowest BCUT2D eigenvalue weighted by molar-refractivity contribution is -0.144. The number of rotatable bonds is 10. The Labute approximate surface area is 216 Å². The van der Waals surface area contributed by atoms with Crippen LogP contribution in [0.2, 0.25) is 0 Å². The molecule has 0 unspecified atom stereocenters. The summed E-state index contributed by atoms with van der Waals surface area (Å²) in [6.45, 7) is 0.751. The van der Waals surface area contributed by atoms with E-state index >= 15 is 0 Å². The molecule has 3 aromatic rings. The maximum absolute atomic E-state index is 12.8. The molecular weight excluding hydrogens is 474 g/mol. The minimum Gasteiger partial charge on any atom is -0.465 e. The number of carbonyl (C=O) groups is 3. The molecule has 7 nitrogen and oxygen atoms in total. The maximum atomic E-state index is 12.8. The Morgan fingerprint density at radius 2 is 1.53 bits per heavy atom. The third kappa shape index (κ3) is 8.96. The number of hydrogen-bond acceptors (Lipinski definition) is 5. The van der Waals surface area contributed by atoms with Crippen LogP contribution in [0.1, 0.15) is 34.3 Å². The first-order chi connectivity index (χ1) is 17.4. The van der Waals surface area contributed by atoms with E-state index in [1.54, 1.807) is 36.2 Å². The summed E-state index contributed by atoms with van der Waals surface area (Å²) in [5.41, 5.74) is 3.17. The zero-order valence-corrected chi connectivity index (χ0v) is 20.9. The smallest absolute Gasteiger partial charge is 0.306 e. The fourth-order valence-electron chi connectivity index (χ4n) is 3.45. The number of carbonyl (C=O) groups excluding carboxylic acids is 3. The van der Waals surface area contributed by atoms with Gasteiger partial charge in [0.05, 0.1) is 13.0 Å². The predicted octanol–water partition coefficient (Wildman–Crippen LogP) is 4.34. The molecule has 0 spiro atoms. The number of thiocarbonyl (C=S) groups is 1. The van der Waals surface area contributed by atoms with Crippen LogP contribution in [0, 0.1) is 0 Å². The van der Waals surface area contributed by atoms with Crippen LogP contribution in [-0.4, -0.2) is 41.5 Å². The van der Waals surface area contributed by atoms with Gasteiger partial charge in [-0.3, -0.25) is 14.4 Å². The molecule has 0 saturated heterocycles. The fraction of sp³-hybridized carbons (Fsp3) is 0.214. The van der Waals surface area contributed by atoms with Crippen molar-refractivity contribution in [2.75, 3.05) is 19.0 Å². The lowest BCUT2D eigenvalue weighted by Crippen LogP contribution is -2.34. The normalized spacial score (nSPS) is 10.2. The van der Waals surface area contributed by atoms with E-state index in [0.717, 1.165) is 11.1 Å². The van der Waals surface area contributed by atoms with Gasteiger partial charge in [0.2, 0.25) is 5.91 Å². The molecular formula is C28H29N3O4S. The number of nitrogens with one attached hydrogen (secondary N) is 2. The van der Waals surface area contributed by atoms with Crippen molar-refractivity contribution in [3.63, 3.8) is 0 Å². The van der Waals surface area contributed by atoms with Crippen molar-refractivity contribution in [3.8, 4) is 0 Å². The molecule has 0 bridgehead atoms. The molecule has 0 heterocycles. The van der Waals surface area contributed by atoms with Gasteiger partial charge >= 0.3 is 5.97 Å². The molecule has 0 saturated carbocycles. The van der Waals surface area contributed by atoms with Gasteiger partial charge in [-0.15, -0.1) is 0 Å². The van der Waals surface area contributed by atoms with E-state index in [0.29, 0.717) is 24.2 Å². The van der Waals surface area contributed by atoms with Gasteiger partial charge in [0.15, 0.2) is 5.11 Å². The molecule has 186 valence electrons. The third-order valence-corrected chi connectivity index (χ3v) is 5.49. The predicted molar refractivity (Wildman–Crippen MR) is 143 cm³/mol. The third-order valence-electron chi connectivity index (χ3n) is 5.28. The summed E-state index contributed by atoms with van der Waals surface area (Å²) < 4.78 is 5.19. The Kier molecular flexibility index (Phi) is 10.1. The maximum Gasteiger partial charge on any atom is 0.306 e. The van der Waals surface area contributed by atoms with Crippen molar-refractivity contribution in [1.29, 1.82) is 0 Å². The highest BCUT2D eigenvalue weighted by Gasteiger charge is 2.14. The zero-order chi connectivity index (χ0) is 25.8. The highest BCUT2D eigenvalue weighted by Crippen LogP contribution is 2.14. The number of ether oxygens (including phenoxy) is 1.